The largest absolute Gasteiger partial charge is 0.508 e. The van der Waals surface area contributed by atoms with E-state index in [4.69, 9.17) is 14.2 Å². The van der Waals surface area contributed by atoms with Crippen LogP contribution in [-0.4, -0.2) is 47.3 Å². The summed E-state index contributed by atoms with van der Waals surface area (Å²) >= 11 is 0. The fourth-order valence-corrected chi connectivity index (χ4v) is 2.72. The number of ether oxygens (including phenoxy) is 3. The first-order chi connectivity index (χ1) is 14.5. The Balaban J connectivity index is 1.76. The third kappa shape index (κ3) is 4.78. The van der Waals surface area contributed by atoms with Crippen LogP contribution in [0.2, 0.25) is 0 Å². The van der Waals surface area contributed by atoms with E-state index in [-0.39, 0.29) is 17.0 Å². The maximum absolute atomic E-state index is 12.3. The number of aliphatic hydroxyl groups is 1. The first-order valence-corrected chi connectivity index (χ1v) is 9.39. The molecule has 1 aromatic heterocycles. The van der Waals surface area contributed by atoms with Crippen LogP contribution in [0, 0.1) is 0 Å². The molecule has 0 spiro atoms. The van der Waals surface area contributed by atoms with Crippen molar-refractivity contribution in [2.24, 2.45) is 0 Å². The quantitative estimate of drug-likeness (QED) is 0.331. The molecule has 0 radical (unpaired) electrons. The number of rotatable bonds is 8. The Kier molecular flexibility index (Phi) is 6.69. The van der Waals surface area contributed by atoms with Gasteiger partial charge in [-0.1, -0.05) is 19.1 Å². The zero-order chi connectivity index (χ0) is 21.5. The highest BCUT2D eigenvalue weighted by molar-refractivity contribution is 6.16. The third-order valence-corrected chi connectivity index (χ3v) is 4.21. The Morgan fingerprint density at radius 2 is 1.83 bits per heavy atom. The van der Waals surface area contributed by atoms with Crippen LogP contribution in [0.15, 0.2) is 54.3 Å². The van der Waals surface area contributed by atoms with Gasteiger partial charge in [0.1, 0.15) is 29.5 Å². The molecule has 8 heteroatoms. The van der Waals surface area contributed by atoms with E-state index < -0.39 is 24.3 Å². The molecule has 0 aliphatic heterocycles. The van der Waals surface area contributed by atoms with E-state index in [1.807, 2.05) is 13.0 Å². The van der Waals surface area contributed by atoms with Crippen molar-refractivity contribution in [3.63, 3.8) is 0 Å². The van der Waals surface area contributed by atoms with Crippen molar-refractivity contribution in [1.82, 2.24) is 9.97 Å². The van der Waals surface area contributed by atoms with E-state index in [9.17, 15) is 14.7 Å². The number of aromatic amines is 1. The van der Waals surface area contributed by atoms with Gasteiger partial charge in [-0.3, -0.25) is 0 Å². The van der Waals surface area contributed by atoms with Crippen molar-refractivity contribution in [3.8, 4) is 5.75 Å². The van der Waals surface area contributed by atoms with Crippen LogP contribution in [0.25, 0.3) is 16.6 Å². The van der Waals surface area contributed by atoms with Gasteiger partial charge >= 0.3 is 11.9 Å². The number of nitrogens with one attached hydrogen (secondary N) is 1. The lowest BCUT2D eigenvalue weighted by atomic mass is 10.2. The monoisotopic (exact) mass is 410 g/mol. The number of nitrogens with zero attached hydrogens (tertiary/aromatic N) is 1. The zero-order valence-corrected chi connectivity index (χ0v) is 16.7. The molecular formula is C22H22N2O6. The van der Waals surface area contributed by atoms with Gasteiger partial charge in [0.05, 0.1) is 30.3 Å². The molecule has 1 heterocycles. The molecule has 3 aromatic rings. The molecule has 0 fully saturated rings. The van der Waals surface area contributed by atoms with Crippen molar-refractivity contribution >= 4 is 28.5 Å². The molecule has 0 aliphatic rings. The number of aliphatic hydroxyl groups excluding tert-OH is 1. The van der Waals surface area contributed by atoms with Gasteiger partial charge in [-0.25, -0.2) is 14.6 Å². The average Bonchev–Trinajstić information content (AvgIpc) is 3.19. The number of hydrogen-bond donors (Lipinski definition) is 2. The third-order valence-electron chi connectivity index (χ3n) is 4.21. The fourth-order valence-electron chi connectivity index (χ4n) is 2.72. The standard InChI is InChI=1S/C22H22N2O6/c1-3-12-29-15-10-8-14(9-11-15)21(26)30-13-18(25)19(22(27)28-2)20-23-16-6-4-5-7-17(16)24-20/h4-11,25H,3,12-13H2,1-2H3,(H,23,24)/b19-18+. The van der Waals surface area contributed by atoms with Crippen LogP contribution < -0.4 is 4.74 Å². The number of imidazole rings is 1. The van der Waals surface area contributed by atoms with Crippen LogP contribution in [0.3, 0.4) is 0 Å². The van der Waals surface area contributed by atoms with Gasteiger partial charge < -0.3 is 24.3 Å². The molecular weight excluding hydrogens is 388 g/mol. The number of hydrogen-bond acceptors (Lipinski definition) is 7. The van der Waals surface area contributed by atoms with Gasteiger partial charge in [-0.15, -0.1) is 0 Å². The Morgan fingerprint density at radius 1 is 1.10 bits per heavy atom. The highest BCUT2D eigenvalue weighted by Gasteiger charge is 2.23. The maximum Gasteiger partial charge on any atom is 0.345 e. The summed E-state index contributed by atoms with van der Waals surface area (Å²) in [7, 11) is 1.19. The van der Waals surface area contributed by atoms with E-state index in [0.717, 1.165) is 6.42 Å². The predicted molar refractivity (Wildman–Crippen MR) is 110 cm³/mol. The summed E-state index contributed by atoms with van der Waals surface area (Å²) in [6.45, 7) is 2.06. The number of methoxy groups -OCH3 is 1. The zero-order valence-electron chi connectivity index (χ0n) is 16.7. The molecule has 0 aliphatic carbocycles. The number of fused-ring (bicyclic) bond motifs is 1. The van der Waals surface area contributed by atoms with Gasteiger partial charge in [0.25, 0.3) is 0 Å². The SMILES string of the molecule is CCCOc1ccc(C(=O)OC/C(O)=C(\C(=O)OC)c2nc3ccccc3[nH]2)cc1. The second-order valence-electron chi connectivity index (χ2n) is 6.36. The topological polar surface area (TPSA) is 111 Å². The molecule has 0 saturated heterocycles. The second kappa shape index (κ2) is 9.60. The van der Waals surface area contributed by atoms with E-state index >= 15 is 0 Å². The second-order valence-corrected chi connectivity index (χ2v) is 6.36. The first kappa shape index (κ1) is 20.9. The number of benzene rings is 2. The molecule has 2 N–H and O–H groups in total. The van der Waals surface area contributed by atoms with Gasteiger partial charge in [0.2, 0.25) is 0 Å². The molecule has 0 bridgehead atoms. The van der Waals surface area contributed by atoms with Crippen LogP contribution in [0.5, 0.6) is 5.75 Å². The summed E-state index contributed by atoms with van der Waals surface area (Å²) in [6.07, 6.45) is 0.878. The van der Waals surface area contributed by atoms with E-state index in [2.05, 4.69) is 9.97 Å². The van der Waals surface area contributed by atoms with Crippen LogP contribution in [-0.2, 0) is 14.3 Å². The van der Waals surface area contributed by atoms with Gasteiger partial charge in [0.15, 0.2) is 0 Å². The minimum absolute atomic E-state index is 0.119. The molecule has 0 unspecified atom stereocenters. The average molecular weight is 410 g/mol. The lowest BCUT2D eigenvalue weighted by Gasteiger charge is -2.09. The summed E-state index contributed by atoms with van der Waals surface area (Å²) in [5, 5.41) is 10.4. The molecule has 156 valence electrons. The summed E-state index contributed by atoms with van der Waals surface area (Å²) in [5.41, 5.74) is 1.38. The molecule has 8 nitrogen and oxygen atoms in total. The lowest BCUT2D eigenvalue weighted by molar-refractivity contribution is -0.133. The summed E-state index contributed by atoms with van der Waals surface area (Å²) in [6, 6.07) is 13.6. The molecule has 3 rings (SSSR count). The van der Waals surface area contributed by atoms with E-state index in [1.165, 1.54) is 7.11 Å². The summed E-state index contributed by atoms with van der Waals surface area (Å²) in [5.74, 6) is -1.17. The highest BCUT2D eigenvalue weighted by Crippen LogP contribution is 2.21. The summed E-state index contributed by atoms with van der Waals surface area (Å²) < 4.78 is 15.4. The number of H-pyrrole nitrogens is 1. The van der Waals surface area contributed by atoms with Crippen molar-refractivity contribution in [1.29, 1.82) is 0 Å². The fraction of sp³-hybridized carbons (Fsp3) is 0.227. The van der Waals surface area contributed by atoms with Crippen molar-refractivity contribution < 1.29 is 28.9 Å². The predicted octanol–water partition coefficient (Wildman–Crippen LogP) is 3.65. The minimum atomic E-state index is -0.806. The molecule has 2 aromatic carbocycles. The molecule has 30 heavy (non-hydrogen) atoms. The Bertz CT molecular complexity index is 1040. The number of carbonyl (C=O) groups excluding carboxylic acids is 2. The van der Waals surface area contributed by atoms with Gasteiger partial charge in [-0.05, 0) is 42.8 Å². The first-order valence-electron chi connectivity index (χ1n) is 9.39. The van der Waals surface area contributed by atoms with E-state index in [1.54, 1.807) is 42.5 Å². The van der Waals surface area contributed by atoms with Crippen molar-refractivity contribution in [3.05, 3.63) is 65.7 Å². The Labute approximate surface area is 173 Å². The van der Waals surface area contributed by atoms with Crippen molar-refractivity contribution in [2.75, 3.05) is 20.3 Å². The molecule has 0 saturated carbocycles. The number of carbonyl (C=O) groups is 2. The Hall–Kier alpha value is -3.81. The number of para-hydroxylation sites is 2. The maximum atomic E-state index is 12.3. The molecule has 0 atom stereocenters. The van der Waals surface area contributed by atoms with E-state index in [0.29, 0.717) is 23.4 Å². The van der Waals surface area contributed by atoms with Crippen LogP contribution in [0.4, 0.5) is 0 Å². The highest BCUT2D eigenvalue weighted by atomic mass is 16.5. The van der Waals surface area contributed by atoms with Crippen molar-refractivity contribution in [2.45, 2.75) is 13.3 Å². The lowest BCUT2D eigenvalue weighted by Crippen LogP contribution is -2.14. The molecule has 0 amide bonds. The van der Waals surface area contributed by atoms with Gasteiger partial charge in [-0.2, -0.15) is 0 Å². The number of esters is 2. The van der Waals surface area contributed by atoms with Crippen LogP contribution >= 0.6 is 0 Å². The summed E-state index contributed by atoms with van der Waals surface area (Å²) in [4.78, 5) is 31.7. The normalized spacial score (nSPS) is 11.7. The number of aromatic nitrogens is 2. The van der Waals surface area contributed by atoms with Crippen LogP contribution in [0.1, 0.15) is 29.5 Å². The van der Waals surface area contributed by atoms with Gasteiger partial charge in [0, 0.05) is 0 Å². The minimum Gasteiger partial charge on any atom is -0.508 e. The Morgan fingerprint density at radius 3 is 2.50 bits per heavy atom. The smallest absolute Gasteiger partial charge is 0.345 e.